The van der Waals surface area contributed by atoms with Gasteiger partial charge in [0, 0.05) is 20.2 Å². The van der Waals surface area contributed by atoms with E-state index in [9.17, 15) is 9.59 Å². The quantitative estimate of drug-likeness (QED) is 0.652. The number of aromatic nitrogens is 2. The summed E-state index contributed by atoms with van der Waals surface area (Å²) in [5.41, 5.74) is -0.333. The lowest BCUT2D eigenvalue weighted by molar-refractivity contribution is -0.129. The average molecular weight is 216 g/mol. The van der Waals surface area contributed by atoms with Gasteiger partial charge in [-0.25, -0.2) is 4.98 Å². The van der Waals surface area contributed by atoms with Gasteiger partial charge < -0.3 is 4.90 Å². The molecule has 0 aliphatic rings. The minimum Gasteiger partial charge on any atom is -0.347 e. The van der Waals surface area contributed by atoms with Crippen LogP contribution in [0.5, 0.6) is 0 Å². The van der Waals surface area contributed by atoms with Crippen LogP contribution in [-0.4, -0.2) is 34.5 Å². The molecule has 0 spiro atoms. The third-order valence-corrected chi connectivity index (χ3v) is 1.86. The summed E-state index contributed by atoms with van der Waals surface area (Å²) in [6.07, 6.45) is 1.26. The van der Waals surface area contributed by atoms with Crippen molar-refractivity contribution < 1.29 is 4.79 Å². The van der Waals surface area contributed by atoms with Gasteiger partial charge in [-0.05, 0) is 0 Å². The van der Waals surface area contributed by atoms with Crippen molar-refractivity contribution in [3.05, 3.63) is 27.9 Å². The molecule has 0 N–H and O–H groups in total. The molecule has 0 radical (unpaired) electrons. The Hall–Kier alpha value is -1.36. The van der Waals surface area contributed by atoms with Crippen LogP contribution in [-0.2, 0) is 11.3 Å². The summed E-state index contributed by atoms with van der Waals surface area (Å²) in [5, 5.41) is 0.128. The Bertz CT molecular complexity index is 400. The Kier molecular flexibility index (Phi) is 3.24. The van der Waals surface area contributed by atoms with Gasteiger partial charge in [-0.3, -0.25) is 14.2 Å². The topological polar surface area (TPSA) is 55.2 Å². The molecule has 0 aliphatic heterocycles. The van der Waals surface area contributed by atoms with Gasteiger partial charge in [-0.15, -0.1) is 0 Å². The van der Waals surface area contributed by atoms with Crippen molar-refractivity contribution in [2.24, 2.45) is 0 Å². The molecule has 0 atom stereocenters. The predicted octanol–water partition coefficient (Wildman–Crippen LogP) is -0.0151. The van der Waals surface area contributed by atoms with Crippen molar-refractivity contribution >= 4 is 17.5 Å². The van der Waals surface area contributed by atoms with Gasteiger partial charge in [0.25, 0.3) is 5.56 Å². The van der Waals surface area contributed by atoms with Gasteiger partial charge in [0.1, 0.15) is 11.7 Å². The Labute approximate surface area is 85.9 Å². The molecule has 0 aliphatic carbocycles. The first-order valence-electron chi connectivity index (χ1n) is 3.93. The number of nitrogens with zero attached hydrogens (tertiary/aromatic N) is 3. The van der Waals surface area contributed by atoms with E-state index in [1.807, 2.05) is 0 Å². The Morgan fingerprint density at radius 2 is 2.29 bits per heavy atom. The fourth-order valence-corrected chi connectivity index (χ4v) is 0.947. The molecule has 1 heterocycles. The van der Waals surface area contributed by atoms with Crippen LogP contribution in [0.15, 0.2) is 17.2 Å². The molecular formula is C8H10ClN3O2. The minimum absolute atomic E-state index is 0.0179. The van der Waals surface area contributed by atoms with Crippen molar-refractivity contribution in [2.75, 3.05) is 14.1 Å². The summed E-state index contributed by atoms with van der Waals surface area (Å²) in [6, 6.07) is 1.17. The molecule has 5 nitrogen and oxygen atoms in total. The molecule has 0 unspecified atom stereocenters. The second-order valence-corrected chi connectivity index (χ2v) is 3.35. The van der Waals surface area contributed by atoms with Gasteiger partial charge >= 0.3 is 0 Å². The van der Waals surface area contributed by atoms with Crippen LogP contribution in [0.1, 0.15) is 0 Å². The summed E-state index contributed by atoms with van der Waals surface area (Å²) in [4.78, 5) is 27.6. The number of rotatable bonds is 2. The van der Waals surface area contributed by atoms with Crippen molar-refractivity contribution in [2.45, 2.75) is 6.54 Å². The van der Waals surface area contributed by atoms with E-state index in [0.717, 1.165) is 0 Å². The molecule has 1 aromatic heterocycles. The second kappa shape index (κ2) is 4.23. The van der Waals surface area contributed by atoms with E-state index in [2.05, 4.69) is 4.98 Å². The van der Waals surface area contributed by atoms with Gasteiger partial charge in [0.15, 0.2) is 0 Å². The number of carbonyl (C=O) groups is 1. The lowest BCUT2D eigenvalue weighted by Crippen LogP contribution is -2.31. The van der Waals surface area contributed by atoms with Crippen LogP contribution in [0.2, 0.25) is 5.15 Å². The summed E-state index contributed by atoms with van der Waals surface area (Å²) < 4.78 is 1.20. The number of likely N-dealkylation sites (N-methyl/N-ethyl adjacent to an activating group) is 1. The molecule has 0 saturated carbocycles. The first kappa shape index (κ1) is 10.7. The van der Waals surface area contributed by atoms with Gasteiger partial charge in [0.05, 0.1) is 6.33 Å². The Balaban J connectivity index is 2.88. The van der Waals surface area contributed by atoms with Gasteiger partial charge in [-0.1, -0.05) is 11.6 Å². The molecule has 6 heteroatoms. The monoisotopic (exact) mass is 215 g/mol. The zero-order chi connectivity index (χ0) is 10.7. The van der Waals surface area contributed by atoms with E-state index in [0.29, 0.717) is 0 Å². The molecule has 14 heavy (non-hydrogen) atoms. The standard InChI is InChI=1S/C8H10ClN3O2/c1-11(2)8(14)4-12-5-10-6(9)3-7(12)13/h3,5H,4H2,1-2H3. The zero-order valence-corrected chi connectivity index (χ0v) is 8.65. The summed E-state index contributed by atoms with van der Waals surface area (Å²) in [6.45, 7) is -0.0179. The lowest BCUT2D eigenvalue weighted by Gasteiger charge is -2.10. The van der Waals surface area contributed by atoms with Crippen molar-refractivity contribution in [1.29, 1.82) is 0 Å². The minimum atomic E-state index is -0.333. The largest absolute Gasteiger partial charge is 0.347 e. The molecule has 0 saturated heterocycles. The SMILES string of the molecule is CN(C)C(=O)Cn1cnc(Cl)cc1=O. The second-order valence-electron chi connectivity index (χ2n) is 2.97. The predicted molar refractivity (Wildman–Crippen MR) is 52.2 cm³/mol. The van der Waals surface area contributed by atoms with Crippen LogP contribution in [0, 0.1) is 0 Å². The lowest BCUT2D eigenvalue weighted by atomic mass is 10.5. The highest BCUT2D eigenvalue weighted by Crippen LogP contribution is 1.96. The number of carbonyl (C=O) groups excluding carboxylic acids is 1. The van der Waals surface area contributed by atoms with Crippen LogP contribution in [0.4, 0.5) is 0 Å². The van der Waals surface area contributed by atoms with E-state index < -0.39 is 0 Å². The smallest absolute Gasteiger partial charge is 0.255 e. The van der Waals surface area contributed by atoms with Crippen molar-refractivity contribution in [3.8, 4) is 0 Å². The zero-order valence-electron chi connectivity index (χ0n) is 7.90. The molecule has 1 rings (SSSR count). The van der Waals surface area contributed by atoms with Gasteiger partial charge in [-0.2, -0.15) is 0 Å². The number of halogens is 1. The first-order valence-corrected chi connectivity index (χ1v) is 4.30. The molecule has 0 fully saturated rings. The maximum atomic E-state index is 11.3. The highest BCUT2D eigenvalue weighted by atomic mass is 35.5. The highest BCUT2D eigenvalue weighted by molar-refractivity contribution is 6.29. The highest BCUT2D eigenvalue weighted by Gasteiger charge is 2.06. The molecule has 1 aromatic rings. The molecule has 1 amide bonds. The molecule has 76 valence electrons. The Morgan fingerprint density at radius 1 is 1.64 bits per heavy atom. The third-order valence-electron chi connectivity index (χ3n) is 1.65. The van der Waals surface area contributed by atoms with E-state index in [1.54, 1.807) is 14.1 Å². The summed E-state index contributed by atoms with van der Waals surface area (Å²) in [5.74, 6) is -0.170. The van der Waals surface area contributed by atoms with Crippen LogP contribution < -0.4 is 5.56 Å². The summed E-state index contributed by atoms with van der Waals surface area (Å²) in [7, 11) is 3.24. The van der Waals surface area contributed by atoms with Crippen LogP contribution in [0.25, 0.3) is 0 Å². The number of hydrogen-bond acceptors (Lipinski definition) is 3. The Morgan fingerprint density at radius 3 is 2.79 bits per heavy atom. The third kappa shape index (κ3) is 2.56. The molecular weight excluding hydrogens is 206 g/mol. The summed E-state index contributed by atoms with van der Waals surface area (Å²) >= 11 is 5.50. The first-order chi connectivity index (χ1) is 6.50. The maximum absolute atomic E-state index is 11.3. The number of amides is 1. The maximum Gasteiger partial charge on any atom is 0.255 e. The van der Waals surface area contributed by atoms with Gasteiger partial charge in [0.2, 0.25) is 5.91 Å². The van der Waals surface area contributed by atoms with E-state index in [-0.39, 0.29) is 23.2 Å². The normalized spacial score (nSPS) is 9.93. The molecule has 0 bridgehead atoms. The van der Waals surface area contributed by atoms with E-state index in [1.165, 1.54) is 21.9 Å². The number of hydrogen-bond donors (Lipinski definition) is 0. The van der Waals surface area contributed by atoms with Crippen LogP contribution >= 0.6 is 11.6 Å². The average Bonchev–Trinajstić information content (AvgIpc) is 2.09. The van der Waals surface area contributed by atoms with Crippen LogP contribution in [0.3, 0.4) is 0 Å². The van der Waals surface area contributed by atoms with E-state index >= 15 is 0 Å². The van der Waals surface area contributed by atoms with Crippen molar-refractivity contribution in [3.63, 3.8) is 0 Å². The molecule has 0 aromatic carbocycles. The van der Waals surface area contributed by atoms with Crippen molar-refractivity contribution in [1.82, 2.24) is 14.5 Å². The fourth-order valence-electron chi connectivity index (χ4n) is 0.810. The fraction of sp³-hybridized carbons (Fsp3) is 0.375. The van der Waals surface area contributed by atoms with E-state index in [4.69, 9.17) is 11.6 Å².